The van der Waals surface area contributed by atoms with Gasteiger partial charge in [0.2, 0.25) is 11.8 Å². The molecule has 1 heterocycles. The lowest BCUT2D eigenvalue weighted by molar-refractivity contribution is -0.118. The molecule has 5 heteroatoms. The molecule has 1 atom stereocenters. The monoisotopic (exact) mass is 324 g/mol. The lowest BCUT2D eigenvalue weighted by Crippen LogP contribution is -2.28. The number of methoxy groups -OCH3 is 1. The second kappa shape index (κ2) is 6.74. The van der Waals surface area contributed by atoms with Crippen molar-refractivity contribution >= 4 is 23.2 Å². The van der Waals surface area contributed by atoms with Crippen LogP contribution in [0, 0.1) is 0 Å². The van der Waals surface area contributed by atoms with Gasteiger partial charge in [-0.25, -0.2) is 0 Å². The number of carbonyl (C=O) groups is 2. The van der Waals surface area contributed by atoms with Crippen LogP contribution in [0.25, 0.3) is 0 Å². The predicted octanol–water partition coefficient (Wildman–Crippen LogP) is 3.17. The third kappa shape index (κ3) is 3.25. The third-order valence-corrected chi connectivity index (χ3v) is 4.24. The Morgan fingerprint density at radius 2 is 2.00 bits per heavy atom. The largest absolute Gasteiger partial charge is 0.497 e. The Labute approximate surface area is 141 Å². The standard InChI is InChI=1S/C19H20N2O3/c1-13(22)21-12-14(17-8-3-4-9-18(17)21)10-19(23)20-15-6-5-7-16(11-15)24-2/h3-9,11,14H,10,12H2,1-2H3,(H,20,23). The topological polar surface area (TPSA) is 58.6 Å². The van der Waals surface area contributed by atoms with Gasteiger partial charge in [0.1, 0.15) is 5.75 Å². The highest BCUT2D eigenvalue weighted by molar-refractivity contribution is 5.96. The number of nitrogens with one attached hydrogen (secondary N) is 1. The van der Waals surface area contributed by atoms with Gasteiger partial charge in [-0.05, 0) is 23.8 Å². The van der Waals surface area contributed by atoms with Crippen molar-refractivity contribution in [2.75, 3.05) is 23.9 Å². The fourth-order valence-electron chi connectivity index (χ4n) is 3.10. The molecular formula is C19H20N2O3. The molecular weight excluding hydrogens is 304 g/mol. The molecule has 1 N–H and O–H groups in total. The fourth-order valence-corrected chi connectivity index (χ4v) is 3.10. The van der Waals surface area contributed by atoms with E-state index in [-0.39, 0.29) is 17.7 Å². The van der Waals surface area contributed by atoms with Gasteiger partial charge >= 0.3 is 0 Å². The molecule has 2 aromatic rings. The van der Waals surface area contributed by atoms with Gasteiger partial charge in [-0.1, -0.05) is 24.3 Å². The molecule has 1 unspecified atom stereocenters. The molecule has 0 radical (unpaired) electrons. The highest BCUT2D eigenvalue weighted by Crippen LogP contribution is 2.38. The molecule has 5 nitrogen and oxygen atoms in total. The molecule has 2 aromatic carbocycles. The van der Waals surface area contributed by atoms with Crippen molar-refractivity contribution in [2.45, 2.75) is 19.3 Å². The minimum atomic E-state index is -0.0755. The van der Waals surface area contributed by atoms with Gasteiger partial charge in [0.25, 0.3) is 0 Å². The summed E-state index contributed by atoms with van der Waals surface area (Å²) in [5.41, 5.74) is 2.66. The van der Waals surface area contributed by atoms with Crippen molar-refractivity contribution in [2.24, 2.45) is 0 Å². The number of rotatable bonds is 4. The van der Waals surface area contributed by atoms with Gasteiger partial charge in [0, 0.05) is 43.2 Å². The van der Waals surface area contributed by atoms with Crippen LogP contribution in [-0.4, -0.2) is 25.5 Å². The molecule has 0 bridgehead atoms. The van der Waals surface area contributed by atoms with E-state index < -0.39 is 0 Å². The van der Waals surface area contributed by atoms with Crippen LogP contribution in [0.15, 0.2) is 48.5 Å². The Balaban J connectivity index is 1.72. The van der Waals surface area contributed by atoms with Crippen molar-refractivity contribution < 1.29 is 14.3 Å². The quantitative estimate of drug-likeness (QED) is 0.940. The van der Waals surface area contributed by atoms with E-state index in [1.165, 1.54) is 0 Å². The van der Waals surface area contributed by atoms with Gasteiger partial charge in [0.15, 0.2) is 0 Å². The van der Waals surface area contributed by atoms with Crippen LogP contribution in [0.4, 0.5) is 11.4 Å². The number of benzene rings is 2. The minimum absolute atomic E-state index is 0.00171. The smallest absolute Gasteiger partial charge is 0.225 e. The van der Waals surface area contributed by atoms with Gasteiger partial charge < -0.3 is 15.0 Å². The Morgan fingerprint density at radius 1 is 1.21 bits per heavy atom. The van der Waals surface area contributed by atoms with Crippen molar-refractivity contribution in [3.05, 3.63) is 54.1 Å². The van der Waals surface area contributed by atoms with Crippen LogP contribution in [-0.2, 0) is 9.59 Å². The number of para-hydroxylation sites is 1. The Hall–Kier alpha value is -2.82. The Kier molecular flexibility index (Phi) is 4.51. The van der Waals surface area contributed by atoms with Crippen LogP contribution in [0.5, 0.6) is 5.75 Å². The first-order valence-electron chi connectivity index (χ1n) is 7.89. The third-order valence-electron chi connectivity index (χ3n) is 4.24. The summed E-state index contributed by atoms with van der Waals surface area (Å²) in [5, 5.41) is 2.90. The SMILES string of the molecule is COc1cccc(NC(=O)CC2CN(C(C)=O)c3ccccc32)c1. The van der Waals surface area contributed by atoms with E-state index in [0.29, 0.717) is 24.4 Å². The van der Waals surface area contributed by atoms with E-state index in [4.69, 9.17) is 4.74 Å². The first-order chi connectivity index (χ1) is 11.6. The molecule has 24 heavy (non-hydrogen) atoms. The minimum Gasteiger partial charge on any atom is -0.497 e. The fraction of sp³-hybridized carbons (Fsp3) is 0.263. The molecule has 2 amide bonds. The van der Waals surface area contributed by atoms with E-state index in [1.807, 2.05) is 42.5 Å². The molecule has 0 aromatic heterocycles. The summed E-state index contributed by atoms with van der Waals surface area (Å²) in [6, 6.07) is 15.0. The lowest BCUT2D eigenvalue weighted by Gasteiger charge is -2.15. The Morgan fingerprint density at radius 3 is 2.75 bits per heavy atom. The number of amides is 2. The number of fused-ring (bicyclic) bond motifs is 1. The molecule has 1 aliphatic heterocycles. The number of ether oxygens (including phenoxy) is 1. The highest BCUT2D eigenvalue weighted by atomic mass is 16.5. The van der Waals surface area contributed by atoms with E-state index >= 15 is 0 Å². The zero-order valence-corrected chi connectivity index (χ0v) is 13.8. The van der Waals surface area contributed by atoms with Crippen LogP contribution in [0.1, 0.15) is 24.8 Å². The summed E-state index contributed by atoms with van der Waals surface area (Å²) < 4.78 is 5.16. The second-order valence-corrected chi connectivity index (χ2v) is 5.87. The first kappa shape index (κ1) is 16.1. The molecule has 1 aliphatic rings. The maximum Gasteiger partial charge on any atom is 0.225 e. The van der Waals surface area contributed by atoms with Gasteiger partial charge in [0.05, 0.1) is 7.11 Å². The Bertz CT molecular complexity index is 773. The number of anilines is 2. The summed E-state index contributed by atoms with van der Waals surface area (Å²) in [5.74, 6) is 0.629. The summed E-state index contributed by atoms with van der Waals surface area (Å²) in [7, 11) is 1.59. The average molecular weight is 324 g/mol. The summed E-state index contributed by atoms with van der Waals surface area (Å²) >= 11 is 0. The van der Waals surface area contributed by atoms with Gasteiger partial charge in [-0.2, -0.15) is 0 Å². The summed E-state index contributed by atoms with van der Waals surface area (Å²) in [6.45, 7) is 2.09. The van der Waals surface area contributed by atoms with Gasteiger partial charge in [-0.3, -0.25) is 9.59 Å². The molecule has 0 aliphatic carbocycles. The first-order valence-corrected chi connectivity index (χ1v) is 7.89. The lowest BCUT2D eigenvalue weighted by atomic mass is 9.97. The zero-order chi connectivity index (χ0) is 17.1. The maximum absolute atomic E-state index is 12.4. The molecule has 0 saturated carbocycles. The van der Waals surface area contributed by atoms with E-state index in [2.05, 4.69) is 5.32 Å². The number of hydrogen-bond acceptors (Lipinski definition) is 3. The van der Waals surface area contributed by atoms with Crippen LogP contribution < -0.4 is 15.0 Å². The highest BCUT2D eigenvalue weighted by Gasteiger charge is 2.31. The normalized spacial score (nSPS) is 15.8. The number of hydrogen-bond donors (Lipinski definition) is 1. The summed E-state index contributed by atoms with van der Waals surface area (Å²) in [6.07, 6.45) is 0.331. The molecule has 0 spiro atoms. The van der Waals surface area contributed by atoms with Crippen LogP contribution in [0.3, 0.4) is 0 Å². The summed E-state index contributed by atoms with van der Waals surface area (Å²) in [4.78, 5) is 25.9. The van der Waals surface area contributed by atoms with Gasteiger partial charge in [-0.15, -0.1) is 0 Å². The zero-order valence-electron chi connectivity index (χ0n) is 13.8. The predicted molar refractivity (Wildman–Crippen MR) is 93.5 cm³/mol. The van der Waals surface area contributed by atoms with Crippen molar-refractivity contribution in [1.29, 1.82) is 0 Å². The molecule has 124 valence electrons. The van der Waals surface area contributed by atoms with Crippen LogP contribution >= 0.6 is 0 Å². The number of nitrogens with zero attached hydrogens (tertiary/aromatic N) is 1. The molecule has 3 rings (SSSR count). The van der Waals surface area contributed by atoms with E-state index in [0.717, 1.165) is 11.3 Å². The van der Waals surface area contributed by atoms with Crippen LogP contribution in [0.2, 0.25) is 0 Å². The van der Waals surface area contributed by atoms with Crippen molar-refractivity contribution in [1.82, 2.24) is 0 Å². The average Bonchev–Trinajstić information content (AvgIpc) is 2.94. The molecule has 0 fully saturated rings. The van der Waals surface area contributed by atoms with E-state index in [1.54, 1.807) is 25.0 Å². The van der Waals surface area contributed by atoms with E-state index in [9.17, 15) is 9.59 Å². The maximum atomic E-state index is 12.4. The van der Waals surface area contributed by atoms with Crippen molar-refractivity contribution in [3.8, 4) is 5.75 Å². The molecule has 0 saturated heterocycles. The van der Waals surface area contributed by atoms with Crippen molar-refractivity contribution in [3.63, 3.8) is 0 Å². The number of carbonyl (C=O) groups excluding carboxylic acids is 2. The second-order valence-electron chi connectivity index (χ2n) is 5.87.